The fourth-order valence-electron chi connectivity index (χ4n) is 3.75. The first-order valence-electron chi connectivity index (χ1n) is 10.3. The van der Waals surface area contributed by atoms with Crippen LogP contribution in [0.2, 0.25) is 0 Å². The highest BCUT2D eigenvalue weighted by atomic mass is 32.2. The van der Waals surface area contributed by atoms with Crippen LogP contribution in [0.1, 0.15) is 23.2 Å². The molecular weight excluding hydrogens is 408 g/mol. The highest BCUT2D eigenvalue weighted by molar-refractivity contribution is 7.90. The van der Waals surface area contributed by atoms with Gasteiger partial charge < -0.3 is 5.32 Å². The average molecular weight is 431 g/mol. The summed E-state index contributed by atoms with van der Waals surface area (Å²) in [4.78, 5) is 12.4. The number of aromatic nitrogens is 1. The van der Waals surface area contributed by atoms with Gasteiger partial charge >= 0.3 is 0 Å². The molecule has 1 fully saturated rings. The highest BCUT2D eigenvalue weighted by Crippen LogP contribution is 2.33. The first-order valence-corrected chi connectivity index (χ1v) is 11.8. The molecule has 0 atom stereocenters. The molecule has 1 aliphatic rings. The fraction of sp³-hybridized carbons (Fsp3) is 0.160. The van der Waals surface area contributed by atoms with Crippen molar-refractivity contribution in [2.45, 2.75) is 17.7 Å². The van der Waals surface area contributed by atoms with Crippen LogP contribution in [0.3, 0.4) is 0 Å². The standard InChI is InChI=1S/C25H22N2O3S/c28-25(26-16-18-10-11-18)20-12-14-21(15-13-20)31(29,30)27-17-23(19-6-2-1-3-7-19)22-8-4-5-9-24(22)27/h1-9,12-15,17-18H,10-11,16H2,(H,26,28). The van der Waals surface area contributed by atoms with E-state index in [0.29, 0.717) is 23.5 Å². The smallest absolute Gasteiger partial charge is 0.268 e. The zero-order chi connectivity index (χ0) is 21.4. The van der Waals surface area contributed by atoms with Gasteiger partial charge in [0.1, 0.15) is 0 Å². The van der Waals surface area contributed by atoms with Crippen molar-refractivity contribution >= 4 is 26.8 Å². The van der Waals surface area contributed by atoms with Gasteiger partial charge in [-0.3, -0.25) is 4.79 Å². The molecule has 1 aliphatic carbocycles. The number of nitrogens with zero attached hydrogens (tertiary/aromatic N) is 1. The number of rotatable bonds is 6. The van der Waals surface area contributed by atoms with E-state index in [-0.39, 0.29) is 10.8 Å². The number of hydrogen-bond donors (Lipinski definition) is 1. The molecule has 0 spiro atoms. The van der Waals surface area contributed by atoms with E-state index in [0.717, 1.165) is 29.4 Å². The Morgan fingerprint density at radius 1 is 0.903 bits per heavy atom. The molecule has 0 aliphatic heterocycles. The van der Waals surface area contributed by atoms with Gasteiger partial charge in [-0.1, -0.05) is 48.5 Å². The average Bonchev–Trinajstić information content (AvgIpc) is 3.56. The molecule has 1 heterocycles. The van der Waals surface area contributed by atoms with E-state index in [1.807, 2.05) is 48.5 Å². The number of carbonyl (C=O) groups excluding carboxylic acids is 1. The molecule has 0 radical (unpaired) electrons. The van der Waals surface area contributed by atoms with Crippen LogP contribution in [-0.2, 0) is 10.0 Å². The van der Waals surface area contributed by atoms with Crippen LogP contribution in [0.5, 0.6) is 0 Å². The number of amides is 1. The van der Waals surface area contributed by atoms with Crippen LogP contribution in [-0.4, -0.2) is 24.8 Å². The summed E-state index contributed by atoms with van der Waals surface area (Å²) in [7, 11) is -3.83. The first kappa shape index (κ1) is 19.6. The Hall–Kier alpha value is -3.38. The summed E-state index contributed by atoms with van der Waals surface area (Å²) in [6.07, 6.45) is 3.99. The molecule has 0 bridgehead atoms. The van der Waals surface area contributed by atoms with Crippen molar-refractivity contribution in [3.63, 3.8) is 0 Å². The van der Waals surface area contributed by atoms with Crippen molar-refractivity contribution in [1.29, 1.82) is 0 Å². The van der Waals surface area contributed by atoms with Gasteiger partial charge in [-0.2, -0.15) is 0 Å². The summed E-state index contributed by atoms with van der Waals surface area (Å²) in [5.74, 6) is 0.415. The lowest BCUT2D eigenvalue weighted by Gasteiger charge is -2.09. The minimum absolute atomic E-state index is 0.145. The van der Waals surface area contributed by atoms with Gasteiger partial charge in [-0.05, 0) is 54.7 Å². The van der Waals surface area contributed by atoms with Crippen LogP contribution in [0.4, 0.5) is 0 Å². The molecule has 5 rings (SSSR count). The molecule has 3 aromatic carbocycles. The zero-order valence-corrected chi connectivity index (χ0v) is 17.7. The largest absolute Gasteiger partial charge is 0.352 e. The Morgan fingerprint density at radius 3 is 2.29 bits per heavy atom. The van der Waals surface area contributed by atoms with E-state index in [9.17, 15) is 13.2 Å². The first-order chi connectivity index (χ1) is 15.0. The van der Waals surface area contributed by atoms with Crippen LogP contribution in [0.25, 0.3) is 22.0 Å². The van der Waals surface area contributed by atoms with Crippen molar-refractivity contribution in [2.75, 3.05) is 6.54 Å². The van der Waals surface area contributed by atoms with E-state index in [1.165, 1.54) is 16.1 Å². The number of carbonyl (C=O) groups is 1. The summed E-state index contributed by atoms with van der Waals surface area (Å²) < 4.78 is 28.2. The molecule has 4 aromatic rings. The van der Waals surface area contributed by atoms with E-state index in [2.05, 4.69) is 5.32 Å². The summed E-state index contributed by atoms with van der Waals surface area (Å²) in [6.45, 7) is 0.677. The highest BCUT2D eigenvalue weighted by Gasteiger charge is 2.23. The maximum Gasteiger partial charge on any atom is 0.268 e. The normalized spacial score (nSPS) is 13.9. The van der Waals surface area contributed by atoms with Gasteiger partial charge in [0.2, 0.25) is 0 Å². The van der Waals surface area contributed by atoms with Gasteiger partial charge in [0.25, 0.3) is 15.9 Å². The number of fused-ring (bicyclic) bond motifs is 1. The molecule has 6 heteroatoms. The maximum atomic E-state index is 13.5. The summed E-state index contributed by atoms with van der Waals surface area (Å²) in [6, 6.07) is 23.3. The van der Waals surface area contributed by atoms with Crippen molar-refractivity contribution in [2.24, 2.45) is 5.92 Å². The van der Waals surface area contributed by atoms with Crippen LogP contribution in [0, 0.1) is 5.92 Å². The predicted molar refractivity (Wildman–Crippen MR) is 121 cm³/mol. The minimum atomic E-state index is -3.83. The Kier molecular flexibility index (Phi) is 4.87. The van der Waals surface area contributed by atoms with E-state index in [1.54, 1.807) is 24.4 Å². The Morgan fingerprint density at radius 2 is 1.58 bits per heavy atom. The van der Waals surface area contributed by atoms with Gasteiger partial charge in [-0.25, -0.2) is 12.4 Å². The van der Waals surface area contributed by atoms with E-state index >= 15 is 0 Å². The lowest BCUT2D eigenvalue weighted by Crippen LogP contribution is -2.25. The second kappa shape index (κ2) is 7.71. The predicted octanol–water partition coefficient (Wildman–Crippen LogP) is 4.69. The second-order valence-electron chi connectivity index (χ2n) is 7.90. The molecule has 5 nitrogen and oxygen atoms in total. The minimum Gasteiger partial charge on any atom is -0.352 e. The monoisotopic (exact) mass is 430 g/mol. The zero-order valence-electron chi connectivity index (χ0n) is 16.9. The molecular formula is C25H22N2O3S. The van der Waals surface area contributed by atoms with Crippen LogP contribution in [0.15, 0.2) is 90.0 Å². The molecule has 0 saturated heterocycles. The summed E-state index contributed by atoms with van der Waals surface area (Å²) in [5.41, 5.74) is 2.89. The molecule has 31 heavy (non-hydrogen) atoms. The number of nitrogens with one attached hydrogen (secondary N) is 1. The third kappa shape index (κ3) is 3.75. The van der Waals surface area contributed by atoms with Crippen molar-refractivity contribution < 1.29 is 13.2 Å². The lowest BCUT2D eigenvalue weighted by molar-refractivity contribution is 0.0951. The van der Waals surface area contributed by atoms with Crippen molar-refractivity contribution in [3.05, 3.63) is 90.6 Å². The summed E-state index contributed by atoms with van der Waals surface area (Å²) in [5, 5.41) is 3.77. The molecule has 1 N–H and O–H groups in total. The SMILES string of the molecule is O=C(NCC1CC1)c1ccc(S(=O)(=O)n2cc(-c3ccccc3)c3ccccc32)cc1. The number of hydrogen-bond acceptors (Lipinski definition) is 3. The van der Waals surface area contributed by atoms with Gasteiger partial charge in [0.15, 0.2) is 0 Å². The fourth-order valence-corrected chi connectivity index (χ4v) is 5.12. The van der Waals surface area contributed by atoms with Crippen molar-refractivity contribution in [3.8, 4) is 11.1 Å². The molecule has 156 valence electrons. The molecule has 1 amide bonds. The second-order valence-corrected chi connectivity index (χ2v) is 9.72. The number of para-hydroxylation sites is 1. The Labute approximate surface area is 181 Å². The molecule has 1 aromatic heterocycles. The maximum absolute atomic E-state index is 13.5. The van der Waals surface area contributed by atoms with Gasteiger partial charge in [0.05, 0.1) is 10.4 Å². The Balaban J connectivity index is 1.51. The van der Waals surface area contributed by atoms with E-state index in [4.69, 9.17) is 0 Å². The van der Waals surface area contributed by atoms with Crippen molar-refractivity contribution in [1.82, 2.24) is 9.29 Å². The summed E-state index contributed by atoms with van der Waals surface area (Å²) >= 11 is 0. The van der Waals surface area contributed by atoms with Gasteiger partial charge in [0, 0.05) is 29.3 Å². The van der Waals surface area contributed by atoms with E-state index < -0.39 is 10.0 Å². The molecule has 1 saturated carbocycles. The van der Waals surface area contributed by atoms with Crippen LogP contribution >= 0.6 is 0 Å². The third-order valence-electron chi connectivity index (χ3n) is 5.68. The van der Waals surface area contributed by atoms with Crippen LogP contribution < -0.4 is 5.32 Å². The topological polar surface area (TPSA) is 68.2 Å². The third-order valence-corrected chi connectivity index (χ3v) is 7.37. The Bertz CT molecular complexity index is 1350. The number of benzene rings is 3. The van der Waals surface area contributed by atoms with Gasteiger partial charge in [-0.15, -0.1) is 0 Å². The quantitative estimate of drug-likeness (QED) is 0.483. The molecule has 0 unspecified atom stereocenters. The lowest BCUT2D eigenvalue weighted by atomic mass is 10.1.